The highest BCUT2D eigenvalue weighted by molar-refractivity contribution is 5.77. The van der Waals surface area contributed by atoms with Gasteiger partial charge in [0.1, 0.15) is 5.82 Å². The summed E-state index contributed by atoms with van der Waals surface area (Å²) < 4.78 is 16.2. The van der Waals surface area contributed by atoms with Gasteiger partial charge in [-0.1, -0.05) is 30.3 Å². The molecule has 1 saturated heterocycles. The number of para-hydroxylation sites is 1. The number of fused-ring (bicyclic) bond motifs is 2. The minimum atomic E-state index is -0.282. The predicted molar refractivity (Wildman–Crippen MR) is 120 cm³/mol. The molecule has 6 heteroatoms. The van der Waals surface area contributed by atoms with Crippen LogP contribution in [0.4, 0.5) is 4.39 Å². The predicted octanol–water partition coefficient (Wildman–Crippen LogP) is 3.22. The van der Waals surface area contributed by atoms with E-state index in [0.717, 1.165) is 19.5 Å². The zero-order valence-electron chi connectivity index (χ0n) is 17.4. The molecule has 2 aliphatic rings. The molecule has 0 amide bonds. The molecule has 1 aliphatic heterocycles. The highest BCUT2D eigenvalue weighted by Gasteiger charge is 2.47. The number of allylic oxidation sites excluding steroid dienone is 1. The summed E-state index contributed by atoms with van der Waals surface area (Å²) in [6.07, 6.45) is 2.80. The molecule has 160 valence electrons. The first-order valence-corrected chi connectivity index (χ1v) is 10.9. The average molecular weight is 420 g/mol. The molecule has 1 aromatic heterocycles. The molecule has 0 bridgehead atoms. The first-order chi connectivity index (χ1) is 15.1. The van der Waals surface area contributed by atoms with Gasteiger partial charge >= 0.3 is 5.69 Å². The summed E-state index contributed by atoms with van der Waals surface area (Å²) in [4.78, 5) is 28.4. The summed E-state index contributed by atoms with van der Waals surface area (Å²) in [5, 5.41) is 0.557. The fourth-order valence-electron chi connectivity index (χ4n) is 5.39. The molecule has 3 unspecified atom stereocenters. The van der Waals surface area contributed by atoms with Crippen LogP contribution in [0.2, 0.25) is 0 Å². The number of aromatic nitrogens is 2. The Morgan fingerprint density at radius 2 is 1.77 bits per heavy atom. The van der Waals surface area contributed by atoms with E-state index < -0.39 is 0 Å². The lowest BCUT2D eigenvalue weighted by molar-refractivity contribution is 0.191. The van der Waals surface area contributed by atoms with Crippen LogP contribution in [0.15, 0.2) is 70.8 Å². The molecule has 31 heavy (non-hydrogen) atoms. The molecule has 2 aromatic carbocycles. The van der Waals surface area contributed by atoms with E-state index in [1.807, 2.05) is 24.3 Å². The van der Waals surface area contributed by atoms with Gasteiger partial charge in [-0.3, -0.25) is 13.9 Å². The smallest absolute Gasteiger partial charge is 0.301 e. The Bertz CT molecular complexity index is 1240. The van der Waals surface area contributed by atoms with Gasteiger partial charge in [0.05, 0.1) is 10.9 Å². The Morgan fingerprint density at radius 3 is 2.55 bits per heavy atom. The summed E-state index contributed by atoms with van der Waals surface area (Å²) in [5.74, 6) is 1.48. The van der Waals surface area contributed by atoms with E-state index in [4.69, 9.17) is 0 Å². The quantitative estimate of drug-likeness (QED) is 0.577. The van der Waals surface area contributed by atoms with Crippen molar-refractivity contribution in [2.24, 2.45) is 11.8 Å². The molecule has 0 radical (unpaired) electrons. The molecular formula is C25H26FN3O2. The number of likely N-dealkylation sites (tertiary alicyclic amines) is 1. The maximum absolute atomic E-state index is 13.2. The summed E-state index contributed by atoms with van der Waals surface area (Å²) in [6, 6.07) is 14.1. The van der Waals surface area contributed by atoms with Crippen molar-refractivity contribution in [1.29, 1.82) is 0 Å². The molecule has 2 heterocycles. The number of nitrogens with zero attached hydrogens (tertiary/aromatic N) is 3. The van der Waals surface area contributed by atoms with E-state index >= 15 is 0 Å². The maximum atomic E-state index is 13.2. The van der Waals surface area contributed by atoms with Crippen LogP contribution in [0.25, 0.3) is 10.9 Å². The van der Waals surface area contributed by atoms with Crippen LogP contribution in [-0.2, 0) is 13.1 Å². The first-order valence-electron chi connectivity index (χ1n) is 10.9. The van der Waals surface area contributed by atoms with Gasteiger partial charge in [-0.05, 0) is 54.0 Å². The zero-order valence-corrected chi connectivity index (χ0v) is 17.4. The van der Waals surface area contributed by atoms with Crippen molar-refractivity contribution < 1.29 is 4.39 Å². The van der Waals surface area contributed by atoms with Gasteiger partial charge < -0.3 is 4.90 Å². The summed E-state index contributed by atoms with van der Waals surface area (Å²) in [7, 11) is 0. The van der Waals surface area contributed by atoms with E-state index in [-0.39, 0.29) is 17.1 Å². The molecule has 1 aliphatic carbocycles. The molecule has 0 spiro atoms. The van der Waals surface area contributed by atoms with Crippen LogP contribution < -0.4 is 11.2 Å². The third-order valence-electron chi connectivity index (χ3n) is 7.02. The Balaban J connectivity index is 1.33. The van der Waals surface area contributed by atoms with E-state index in [1.165, 1.54) is 22.3 Å². The standard InChI is InChI=1S/C25H26FN3O2/c1-2-11-28-23-6-4-3-5-20(23)24(30)29(25(28)31)13-12-27-15-18-14-21(22(18)16-27)17-7-9-19(26)10-8-17/h2-10,18,21-22H,1,11-16H2. The summed E-state index contributed by atoms with van der Waals surface area (Å²) in [6.45, 7) is 7.11. The maximum Gasteiger partial charge on any atom is 0.331 e. The van der Waals surface area contributed by atoms with Crippen molar-refractivity contribution in [3.05, 3.63) is 93.4 Å². The molecule has 5 rings (SSSR count). The molecular weight excluding hydrogens is 393 g/mol. The Morgan fingerprint density at radius 1 is 1.00 bits per heavy atom. The van der Waals surface area contributed by atoms with Crippen molar-refractivity contribution in [2.45, 2.75) is 25.4 Å². The largest absolute Gasteiger partial charge is 0.331 e. The van der Waals surface area contributed by atoms with Crippen molar-refractivity contribution in [3.8, 4) is 0 Å². The van der Waals surface area contributed by atoms with Gasteiger partial charge in [-0.2, -0.15) is 0 Å². The summed E-state index contributed by atoms with van der Waals surface area (Å²) in [5.41, 5.74) is 1.35. The Labute approximate surface area is 180 Å². The Kier molecular flexibility index (Phi) is 5.10. The molecule has 2 fully saturated rings. The van der Waals surface area contributed by atoms with Gasteiger partial charge in [0.15, 0.2) is 0 Å². The minimum absolute atomic E-state index is 0.199. The third-order valence-corrected chi connectivity index (χ3v) is 7.02. The lowest BCUT2D eigenvalue weighted by atomic mass is 9.64. The Hall–Kier alpha value is -2.99. The van der Waals surface area contributed by atoms with Crippen molar-refractivity contribution in [2.75, 3.05) is 19.6 Å². The SMILES string of the molecule is C=CCn1c(=O)n(CCN2CC3CC(c4ccc(F)cc4)C3C2)c(=O)c2ccccc21. The molecule has 3 aromatic rings. The van der Waals surface area contributed by atoms with Gasteiger partial charge in [0, 0.05) is 32.7 Å². The van der Waals surface area contributed by atoms with Crippen LogP contribution >= 0.6 is 0 Å². The average Bonchev–Trinajstić information content (AvgIpc) is 3.08. The van der Waals surface area contributed by atoms with Crippen LogP contribution in [-0.4, -0.2) is 33.7 Å². The zero-order chi connectivity index (χ0) is 21.5. The second kappa shape index (κ2) is 7.93. The van der Waals surface area contributed by atoms with E-state index in [9.17, 15) is 14.0 Å². The van der Waals surface area contributed by atoms with Gasteiger partial charge in [0.25, 0.3) is 5.56 Å². The van der Waals surface area contributed by atoms with Gasteiger partial charge in [0.2, 0.25) is 0 Å². The van der Waals surface area contributed by atoms with Gasteiger partial charge in [-0.25, -0.2) is 9.18 Å². The van der Waals surface area contributed by atoms with Crippen molar-refractivity contribution in [1.82, 2.24) is 14.0 Å². The highest BCUT2D eigenvalue weighted by atomic mass is 19.1. The lowest BCUT2D eigenvalue weighted by Crippen LogP contribution is -2.42. The molecule has 3 atom stereocenters. The number of hydrogen-bond donors (Lipinski definition) is 0. The number of rotatable bonds is 6. The second-order valence-electron chi connectivity index (χ2n) is 8.73. The van der Waals surface area contributed by atoms with Crippen molar-refractivity contribution >= 4 is 10.9 Å². The molecule has 1 saturated carbocycles. The van der Waals surface area contributed by atoms with Crippen LogP contribution in [0, 0.1) is 17.7 Å². The van der Waals surface area contributed by atoms with Gasteiger partial charge in [-0.15, -0.1) is 6.58 Å². The van der Waals surface area contributed by atoms with Crippen LogP contribution in [0.1, 0.15) is 17.9 Å². The van der Waals surface area contributed by atoms with Crippen LogP contribution in [0.5, 0.6) is 0 Å². The second-order valence-corrected chi connectivity index (χ2v) is 8.73. The minimum Gasteiger partial charge on any atom is -0.301 e. The van der Waals surface area contributed by atoms with Crippen molar-refractivity contribution in [3.63, 3.8) is 0 Å². The van der Waals surface area contributed by atoms with E-state index in [2.05, 4.69) is 11.5 Å². The molecule has 0 N–H and O–H groups in total. The fraction of sp³-hybridized carbons (Fsp3) is 0.360. The monoisotopic (exact) mass is 419 g/mol. The topological polar surface area (TPSA) is 47.2 Å². The van der Waals surface area contributed by atoms with Crippen LogP contribution in [0.3, 0.4) is 0 Å². The third kappa shape index (κ3) is 3.45. The lowest BCUT2D eigenvalue weighted by Gasteiger charge is -2.40. The fourth-order valence-corrected chi connectivity index (χ4v) is 5.39. The van der Waals surface area contributed by atoms with E-state index in [1.54, 1.807) is 22.8 Å². The molecule has 5 nitrogen and oxygen atoms in total. The highest BCUT2D eigenvalue weighted by Crippen LogP contribution is 2.51. The first kappa shape index (κ1) is 19.9. The number of hydrogen-bond acceptors (Lipinski definition) is 3. The summed E-state index contributed by atoms with van der Waals surface area (Å²) >= 11 is 0. The van der Waals surface area contributed by atoms with E-state index in [0.29, 0.717) is 48.3 Å². The number of benzene rings is 2. The normalized spacial score (nSPS) is 22.9. The number of halogens is 1.